The lowest BCUT2D eigenvalue weighted by Crippen LogP contribution is -2.44. The van der Waals surface area contributed by atoms with Crippen LogP contribution in [0, 0.1) is 0 Å². The van der Waals surface area contributed by atoms with Crippen LogP contribution in [0.1, 0.15) is 37.7 Å². The van der Waals surface area contributed by atoms with E-state index in [1.807, 2.05) is 12.1 Å². The van der Waals surface area contributed by atoms with E-state index in [0.717, 1.165) is 17.7 Å². The number of rotatable bonds is 2. The Bertz CT molecular complexity index is 708. The molecule has 1 aromatic carbocycles. The van der Waals surface area contributed by atoms with Crippen molar-refractivity contribution in [2.75, 3.05) is 30.5 Å². The molecule has 2 amide bonds. The third-order valence-corrected chi connectivity index (χ3v) is 5.74. The molecule has 2 aliphatic heterocycles. The summed E-state index contributed by atoms with van der Waals surface area (Å²) in [5.74, 6) is -0.502. The van der Waals surface area contributed by atoms with E-state index in [1.165, 1.54) is 0 Å². The van der Waals surface area contributed by atoms with E-state index < -0.39 is 17.0 Å². The predicted octanol–water partition coefficient (Wildman–Crippen LogP) is 2.54. The van der Waals surface area contributed by atoms with Crippen molar-refractivity contribution < 1.29 is 18.7 Å². The van der Waals surface area contributed by atoms with Gasteiger partial charge in [0.15, 0.2) is 5.67 Å². The van der Waals surface area contributed by atoms with E-state index in [4.69, 9.17) is 4.74 Å². The number of amides is 2. The average Bonchev–Trinajstić information content (AvgIpc) is 2.76. The summed E-state index contributed by atoms with van der Waals surface area (Å²) in [7, 11) is 1.77. The molecule has 0 bridgehead atoms. The van der Waals surface area contributed by atoms with Crippen molar-refractivity contribution in [1.29, 1.82) is 0 Å². The Morgan fingerprint density at radius 3 is 2.58 bits per heavy atom. The summed E-state index contributed by atoms with van der Waals surface area (Å²) in [6.07, 6.45) is 2.58. The van der Waals surface area contributed by atoms with E-state index in [9.17, 15) is 14.0 Å². The Hall–Kier alpha value is -1.95. The van der Waals surface area contributed by atoms with Crippen LogP contribution in [-0.2, 0) is 19.7 Å². The standard InChI is InChI=1S/C18H21FN2O3/c1-21-14-4-3-12(20-15(22)18(19)5-2-6-18)11-13(14)17(16(21)23)7-9-24-10-8-17/h3-4,11H,2,5-10H2,1H3,(H,20,22). The van der Waals surface area contributed by atoms with Gasteiger partial charge >= 0.3 is 0 Å². The number of likely N-dealkylation sites (N-methyl/N-ethyl adjacent to an activating group) is 1. The summed E-state index contributed by atoms with van der Waals surface area (Å²) >= 11 is 0. The maximum absolute atomic E-state index is 14.2. The Kier molecular flexibility index (Phi) is 3.42. The van der Waals surface area contributed by atoms with Crippen molar-refractivity contribution in [2.45, 2.75) is 43.2 Å². The number of hydrogen-bond donors (Lipinski definition) is 1. The average molecular weight is 332 g/mol. The van der Waals surface area contributed by atoms with Crippen LogP contribution in [0.15, 0.2) is 18.2 Å². The van der Waals surface area contributed by atoms with Crippen LogP contribution in [0.2, 0.25) is 0 Å². The van der Waals surface area contributed by atoms with Crippen LogP contribution in [0.5, 0.6) is 0 Å². The van der Waals surface area contributed by atoms with Gasteiger partial charge in [-0.2, -0.15) is 0 Å². The fourth-order valence-corrected chi connectivity index (χ4v) is 4.00. The molecule has 0 unspecified atom stereocenters. The van der Waals surface area contributed by atoms with Crippen molar-refractivity contribution in [1.82, 2.24) is 0 Å². The quantitative estimate of drug-likeness (QED) is 0.905. The zero-order chi connectivity index (χ0) is 16.9. The molecule has 3 aliphatic rings. The number of alkyl halides is 1. The van der Waals surface area contributed by atoms with Gasteiger partial charge in [0.25, 0.3) is 5.91 Å². The van der Waals surface area contributed by atoms with E-state index >= 15 is 0 Å². The normalized spacial score (nSPS) is 23.8. The highest BCUT2D eigenvalue weighted by Gasteiger charge is 2.50. The number of hydrogen-bond acceptors (Lipinski definition) is 3. The second-order valence-electron chi connectivity index (χ2n) is 7.06. The molecular formula is C18H21FN2O3. The summed E-state index contributed by atoms with van der Waals surface area (Å²) in [4.78, 5) is 26.6. The van der Waals surface area contributed by atoms with Crippen molar-refractivity contribution in [3.63, 3.8) is 0 Å². The Morgan fingerprint density at radius 1 is 1.25 bits per heavy atom. The van der Waals surface area contributed by atoms with Gasteiger partial charge in [0.05, 0.1) is 5.41 Å². The van der Waals surface area contributed by atoms with Gasteiger partial charge in [0, 0.05) is 31.6 Å². The molecule has 0 atom stereocenters. The largest absolute Gasteiger partial charge is 0.381 e. The molecule has 1 N–H and O–H groups in total. The Morgan fingerprint density at radius 2 is 1.96 bits per heavy atom. The van der Waals surface area contributed by atoms with Gasteiger partial charge < -0.3 is 15.0 Å². The molecule has 1 saturated heterocycles. The molecule has 0 radical (unpaired) electrons. The molecule has 0 aromatic heterocycles. The predicted molar refractivity (Wildman–Crippen MR) is 87.9 cm³/mol. The molecule has 4 rings (SSSR count). The third kappa shape index (κ3) is 2.09. The maximum Gasteiger partial charge on any atom is 0.262 e. The molecule has 1 aliphatic carbocycles. The van der Waals surface area contributed by atoms with E-state index in [2.05, 4.69) is 5.32 Å². The highest BCUT2D eigenvalue weighted by atomic mass is 19.1. The minimum atomic E-state index is -1.73. The first-order valence-electron chi connectivity index (χ1n) is 8.47. The molecule has 128 valence electrons. The van der Waals surface area contributed by atoms with Crippen molar-refractivity contribution >= 4 is 23.2 Å². The second kappa shape index (κ2) is 5.28. The summed E-state index contributed by atoms with van der Waals surface area (Å²) in [6, 6.07) is 5.40. The van der Waals surface area contributed by atoms with Gasteiger partial charge in [0.2, 0.25) is 5.91 Å². The SMILES string of the molecule is CN1C(=O)C2(CCOCC2)c2cc(NC(=O)C3(F)CCC3)ccc21. The third-order valence-electron chi connectivity index (χ3n) is 5.74. The van der Waals surface area contributed by atoms with E-state index in [0.29, 0.717) is 31.7 Å². The monoisotopic (exact) mass is 332 g/mol. The highest BCUT2D eigenvalue weighted by molar-refractivity contribution is 6.08. The first kappa shape index (κ1) is 15.6. The lowest BCUT2D eigenvalue weighted by Gasteiger charge is -2.33. The Labute approximate surface area is 140 Å². The smallest absolute Gasteiger partial charge is 0.262 e. The number of nitrogens with one attached hydrogen (secondary N) is 1. The highest BCUT2D eigenvalue weighted by Crippen LogP contribution is 2.48. The van der Waals surface area contributed by atoms with Gasteiger partial charge in [-0.05, 0) is 55.9 Å². The fourth-order valence-electron chi connectivity index (χ4n) is 4.00. The van der Waals surface area contributed by atoms with Gasteiger partial charge in [-0.15, -0.1) is 0 Å². The van der Waals surface area contributed by atoms with Gasteiger partial charge in [-0.1, -0.05) is 0 Å². The van der Waals surface area contributed by atoms with Crippen molar-refractivity contribution in [3.8, 4) is 0 Å². The second-order valence-corrected chi connectivity index (χ2v) is 7.06. The van der Waals surface area contributed by atoms with Crippen molar-refractivity contribution in [3.05, 3.63) is 23.8 Å². The zero-order valence-corrected chi connectivity index (χ0v) is 13.7. The summed E-state index contributed by atoms with van der Waals surface area (Å²) in [5.41, 5.74) is 0.0161. The van der Waals surface area contributed by atoms with E-state index in [1.54, 1.807) is 18.0 Å². The van der Waals surface area contributed by atoms with Crippen LogP contribution in [-0.4, -0.2) is 37.7 Å². The lowest BCUT2D eigenvalue weighted by atomic mass is 9.75. The summed E-state index contributed by atoms with van der Waals surface area (Å²) in [6.45, 7) is 1.09. The number of ether oxygens (including phenoxy) is 1. The molecule has 1 saturated carbocycles. The Balaban J connectivity index is 1.67. The van der Waals surface area contributed by atoms with Crippen LogP contribution < -0.4 is 10.2 Å². The summed E-state index contributed by atoms with van der Waals surface area (Å²) in [5, 5.41) is 2.69. The van der Waals surface area contributed by atoms with Crippen LogP contribution in [0.25, 0.3) is 0 Å². The number of carbonyl (C=O) groups is 2. The van der Waals surface area contributed by atoms with Gasteiger partial charge in [-0.25, -0.2) is 4.39 Å². The minimum absolute atomic E-state index is 0.0743. The first-order valence-corrected chi connectivity index (χ1v) is 8.47. The maximum atomic E-state index is 14.2. The van der Waals surface area contributed by atoms with Crippen LogP contribution in [0.4, 0.5) is 15.8 Å². The number of carbonyl (C=O) groups excluding carboxylic acids is 2. The summed E-state index contributed by atoms with van der Waals surface area (Å²) < 4.78 is 19.7. The molecule has 5 nitrogen and oxygen atoms in total. The number of halogens is 1. The topological polar surface area (TPSA) is 58.6 Å². The van der Waals surface area contributed by atoms with Gasteiger partial charge in [0.1, 0.15) is 0 Å². The molecular weight excluding hydrogens is 311 g/mol. The minimum Gasteiger partial charge on any atom is -0.381 e. The van der Waals surface area contributed by atoms with Crippen molar-refractivity contribution in [2.24, 2.45) is 0 Å². The number of anilines is 2. The molecule has 2 fully saturated rings. The molecule has 24 heavy (non-hydrogen) atoms. The fraction of sp³-hybridized carbons (Fsp3) is 0.556. The van der Waals surface area contributed by atoms with E-state index in [-0.39, 0.29) is 18.7 Å². The number of benzene rings is 1. The zero-order valence-electron chi connectivity index (χ0n) is 13.7. The molecule has 1 spiro atoms. The first-order chi connectivity index (χ1) is 11.5. The molecule has 1 aromatic rings. The van der Waals surface area contributed by atoms with Gasteiger partial charge in [-0.3, -0.25) is 9.59 Å². The molecule has 2 heterocycles. The van der Waals surface area contributed by atoms with Crippen LogP contribution >= 0.6 is 0 Å². The number of nitrogens with zero attached hydrogens (tertiary/aromatic N) is 1. The van der Waals surface area contributed by atoms with Crippen LogP contribution in [0.3, 0.4) is 0 Å². The number of fused-ring (bicyclic) bond motifs is 2. The lowest BCUT2D eigenvalue weighted by molar-refractivity contribution is -0.132. The molecule has 6 heteroatoms.